The molecule has 0 fully saturated rings. The number of aromatic nitrogens is 2. The Balaban J connectivity index is 2.57. The van der Waals surface area contributed by atoms with E-state index in [0.717, 1.165) is 6.07 Å². The summed E-state index contributed by atoms with van der Waals surface area (Å²) in [6.07, 6.45) is -2.90. The molecule has 1 atom stereocenters. The highest BCUT2D eigenvalue weighted by Crippen LogP contribution is 2.34. The van der Waals surface area contributed by atoms with Crippen LogP contribution in [0.5, 0.6) is 0 Å². The van der Waals surface area contributed by atoms with Crippen molar-refractivity contribution in [1.82, 2.24) is 15.1 Å². The molecule has 0 aliphatic heterocycles. The normalized spacial score (nSPS) is 13.5. The smallest absolute Gasteiger partial charge is 0.312 e. The van der Waals surface area contributed by atoms with Crippen molar-refractivity contribution in [3.05, 3.63) is 47.8 Å². The number of hydrogen-bond donors (Lipinski definition) is 1. The van der Waals surface area contributed by atoms with Crippen molar-refractivity contribution in [1.29, 1.82) is 0 Å². The van der Waals surface area contributed by atoms with Crippen LogP contribution in [0.25, 0.3) is 5.69 Å². The fourth-order valence-electron chi connectivity index (χ4n) is 1.89. The molecule has 1 heterocycles. The molecular formula is C13H14F3N3. The number of nitrogens with zero attached hydrogens (tertiary/aromatic N) is 2. The molecule has 0 aliphatic carbocycles. The van der Waals surface area contributed by atoms with Gasteiger partial charge in [0, 0.05) is 12.2 Å². The number of alkyl halides is 3. The van der Waals surface area contributed by atoms with Crippen molar-refractivity contribution >= 4 is 0 Å². The molecule has 0 saturated heterocycles. The first kappa shape index (κ1) is 13.6. The number of rotatable bonds is 3. The maximum atomic E-state index is 13.0. The maximum absolute atomic E-state index is 13.0. The summed E-state index contributed by atoms with van der Waals surface area (Å²) in [5.74, 6) is 0. The topological polar surface area (TPSA) is 29.9 Å². The number of para-hydroxylation sites is 1. The first-order valence-electron chi connectivity index (χ1n) is 5.83. The Morgan fingerprint density at radius 2 is 1.89 bits per heavy atom. The van der Waals surface area contributed by atoms with Crippen molar-refractivity contribution < 1.29 is 13.2 Å². The van der Waals surface area contributed by atoms with E-state index in [4.69, 9.17) is 0 Å². The highest BCUT2D eigenvalue weighted by atomic mass is 19.4. The van der Waals surface area contributed by atoms with Gasteiger partial charge in [0.25, 0.3) is 0 Å². The quantitative estimate of drug-likeness (QED) is 0.927. The molecule has 0 aliphatic rings. The third kappa shape index (κ3) is 2.63. The molecule has 102 valence electrons. The Hall–Kier alpha value is -1.82. The summed E-state index contributed by atoms with van der Waals surface area (Å²) in [6.45, 7) is 1.86. The van der Waals surface area contributed by atoms with Crippen LogP contribution in [0.3, 0.4) is 0 Å². The van der Waals surface area contributed by atoms with Crippen LogP contribution in [0.2, 0.25) is 0 Å². The minimum absolute atomic E-state index is 0.0390. The van der Waals surface area contributed by atoms with Crippen molar-refractivity contribution in [3.63, 3.8) is 0 Å². The van der Waals surface area contributed by atoms with Crippen molar-refractivity contribution in [2.24, 2.45) is 0 Å². The third-order valence-electron chi connectivity index (χ3n) is 2.99. The zero-order valence-corrected chi connectivity index (χ0v) is 10.6. The highest BCUT2D eigenvalue weighted by molar-refractivity contribution is 5.43. The van der Waals surface area contributed by atoms with Crippen LogP contribution in [-0.2, 0) is 6.18 Å². The Labute approximate surface area is 109 Å². The summed E-state index contributed by atoms with van der Waals surface area (Å²) < 4.78 is 40.3. The molecule has 0 bridgehead atoms. The SMILES string of the molecule is CNC(C)c1ccnn1-c1ccccc1C(F)(F)F. The lowest BCUT2D eigenvalue weighted by molar-refractivity contribution is -0.137. The average molecular weight is 269 g/mol. The summed E-state index contributed by atoms with van der Waals surface area (Å²) in [7, 11) is 1.75. The van der Waals surface area contributed by atoms with Gasteiger partial charge in [0.2, 0.25) is 0 Å². The number of benzene rings is 1. The highest BCUT2D eigenvalue weighted by Gasteiger charge is 2.34. The van der Waals surface area contributed by atoms with Gasteiger partial charge in [-0.15, -0.1) is 0 Å². The van der Waals surface area contributed by atoms with Crippen LogP contribution in [0.4, 0.5) is 13.2 Å². The predicted octanol–water partition coefficient (Wildman–Crippen LogP) is 3.17. The summed E-state index contributed by atoms with van der Waals surface area (Å²) in [5, 5.41) is 7.00. The fraction of sp³-hybridized carbons (Fsp3) is 0.308. The monoisotopic (exact) mass is 269 g/mol. The molecule has 1 unspecified atom stereocenters. The summed E-state index contributed by atoms with van der Waals surface area (Å²) in [5.41, 5.74) is 0.0274. The molecule has 6 heteroatoms. The zero-order valence-electron chi connectivity index (χ0n) is 10.6. The largest absolute Gasteiger partial charge is 0.418 e. The second-order valence-corrected chi connectivity index (χ2v) is 4.19. The molecular weight excluding hydrogens is 255 g/mol. The average Bonchev–Trinajstić information content (AvgIpc) is 2.86. The number of halogens is 3. The van der Waals surface area contributed by atoms with E-state index in [1.54, 1.807) is 19.2 Å². The number of nitrogens with one attached hydrogen (secondary N) is 1. The minimum Gasteiger partial charge on any atom is -0.312 e. The van der Waals surface area contributed by atoms with Gasteiger partial charge >= 0.3 is 6.18 Å². The second-order valence-electron chi connectivity index (χ2n) is 4.19. The molecule has 1 N–H and O–H groups in total. The van der Waals surface area contributed by atoms with Crippen molar-refractivity contribution in [2.45, 2.75) is 19.1 Å². The third-order valence-corrected chi connectivity index (χ3v) is 2.99. The Morgan fingerprint density at radius 3 is 2.53 bits per heavy atom. The molecule has 3 nitrogen and oxygen atoms in total. The lowest BCUT2D eigenvalue weighted by atomic mass is 10.1. The van der Waals surface area contributed by atoms with Gasteiger partial charge in [-0.05, 0) is 32.2 Å². The molecule has 0 radical (unpaired) electrons. The van der Waals surface area contributed by atoms with E-state index in [9.17, 15) is 13.2 Å². The molecule has 2 aromatic rings. The van der Waals surface area contributed by atoms with E-state index in [0.29, 0.717) is 5.69 Å². The Morgan fingerprint density at radius 1 is 1.21 bits per heavy atom. The minimum atomic E-state index is -4.40. The van der Waals surface area contributed by atoms with E-state index in [1.807, 2.05) is 6.92 Å². The summed E-state index contributed by atoms with van der Waals surface area (Å²) >= 11 is 0. The molecule has 0 spiro atoms. The van der Waals surface area contributed by atoms with Gasteiger partial charge < -0.3 is 5.32 Å². The van der Waals surface area contributed by atoms with Gasteiger partial charge in [-0.25, -0.2) is 4.68 Å². The summed E-state index contributed by atoms with van der Waals surface area (Å²) in [4.78, 5) is 0. The molecule has 0 amide bonds. The molecule has 1 aromatic carbocycles. The maximum Gasteiger partial charge on any atom is 0.418 e. The standard InChI is InChI=1S/C13H14F3N3/c1-9(17-2)11-7-8-18-19(11)12-6-4-3-5-10(12)13(14,15)16/h3-9,17H,1-2H3. The molecule has 19 heavy (non-hydrogen) atoms. The van der Waals surface area contributed by atoms with Crippen LogP contribution < -0.4 is 5.32 Å². The van der Waals surface area contributed by atoms with Crippen LogP contribution in [0.1, 0.15) is 24.2 Å². The lowest BCUT2D eigenvalue weighted by Crippen LogP contribution is -2.19. The van der Waals surface area contributed by atoms with E-state index in [2.05, 4.69) is 10.4 Å². The first-order chi connectivity index (χ1) is 8.95. The van der Waals surface area contributed by atoms with E-state index in [-0.39, 0.29) is 11.7 Å². The van der Waals surface area contributed by atoms with E-state index in [1.165, 1.54) is 23.0 Å². The van der Waals surface area contributed by atoms with Gasteiger partial charge in [-0.3, -0.25) is 0 Å². The van der Waals surface area contributed by atoms with Gasteiger partial charge in [0.1, 0.15) is 0 Å². The molecule has 0 saturated carbocycles. The van der Waals surface area contributed by atoms with E-state index >= 15 is 0 Å². The number of hydrogen-bond acceptors (Lipinski definition) is 2. The van der Waals surface area contributed by atoms with Gasteiger partial charge in [-0.2, -0.15) is 18.3 Å². The molecule has 2 rings (SSSR count). The van der Waals surface area contributed by atoms with E-state index < -0.39 is 11.7 Å². The zero-order chi connectivity index (χ0) is 14.0. The van der Waals surface area contributed by atoms with Crippen LogP contribution >= 0.6 is 0 Å². The van der Waals surface area contributed by atoms with Crippen LogP contribution in [0.15, 0.2) is 36.5 Å². The van der Waals surface area contributed by atoms with Crippen LogP contribution in [-0.4, -0.2) is 16.8 Å². The van der Waals surface area contributed by atoms with Crippen molar-refractivity contribution in [2.75, 3.05) is 7.05 Å². The first-order valence-corrected chi connectivity index (χ1v) is 5.83. The molecule has 1 aromatic heterocycles. The Kier molecular flexibility index (Phi) is 3.61. The van der Waals surface area contributed by atoms with Gasteiger partial charge in [0.15, 0.2) is 0 Å². The van der Waals surface area contributed by atoms with Gasteiger partial charge in [0.05, 0.1) is 16.9 Å². The van der Waals surface area contributed by atoms with Gasteiger partial charge in [-0.1, -0.05) is 12.1 Å². The second kappa shape index (κ2) is 5.05. The predicted molar refractivity (Wildman–Crippen MR) is 66.0 cm³/mol. The van der Waals surface area contributed by atoms with Crippen molar-refractivity contribution in [3.8, 4) is 5.69 Å². The Bertz CT molecular complexity index is 560. The van der Waals surface area contributed by atoms with Crippen LogP contribution in [0, 0.1) is 0 Å². The lowest BCUT2D eigenvalue weighted by Gasteiger charge is -2.17. The summed E-state index contributed by atoms with van der Waals surface area (Å²) in [6, 6.07) is 7.03. The fourth-order valence-corrected chi connectivity index (χ4v) is 1.89.